The molecule has 1 saturated carbocycles. The van der Waals surface area contributed by atoms with Crippen molar-refractivity contribution < 1.29 is 9.90 Å². The molecule has 0 aromatic carbocycles. The second-order valence-corrected chi connectivity index (χ2v) is 6.60. The molecule has 0 saturated heterocycles. The number of carbonyl (C=O) groups excluding carboxylic acids is 1. The minimum atomic E-state index is -0.770. The van der Waals surface area contributed by atoms with Gasteiger partial charge in [-0.05, 0) is 37.2 Å². The Hall–Kier alpha value is -1.56. The minimum absolute atomic E-state index is 0.124. The van der Waals surface area contributed by atoms with Gasteiger partial charge in [-0.1, -0.05) is 13.8 Å². The second kappa shape index (κ2) is 5.44. The van der Waals surface area contributed by atoms with E-state index in [0.29, 0.717) is 17.8 Å². The van der Waals surface area contributed by atoms with E-state index in [2.05, 4.69) is 24.3 Å². The molecule has 4 N–H and O–H groups in total. The normalized spacial score (nSPS) is 20.6. The maximum atomic E-state index is 11.8. The molecule has 0 bridgehead atoms. The summed E-state index contributed by atoms with van der Waals surface area (Å²) < 4.78 is 1.48. The maximum Gasteiger partial charge on any atom is 0.241 e. The van der Waals surface area contributed by atoms with E-state index in [-0.39, 0.29) is 12.5 Å². The number of hydrogen-bond acceptors (Lipinski definition) is 4. The number of hydrogen-bond donors (Lipinski definition) is 3. The van der Waals surface area contributed by atoms with E-state index in [1.807, 2.05) is 0 Å². The van der Waals surface area contributed by atoms with E-state index in [1.54, 1.807) is 12.3 Å². The summed E-state index contributed by atoms with van der Waals surface area (Å²) in [5.74, 6) is 0.234. The molecule has 0 radical (unpaired) electrons. The molecule has 0 unspecified atom stereocenters. The van der Waals surface area contributed by atoms with E-state index in [1.165, 1.54) is 4.68 Å². The number of aliphatic hydroxyl groups is 1. The number of aromatic nitrogens is 2. The van der Waals surface area contributed by atoms with Crippen LogP contribution >= 0.6 is 0 Å². The van der Waals surface area contributed by atoms with Crippen LogP contribution in [0.4, 0.5) is 5.82 Å². The lowest BCUT2D eigenvalue weighted by Crippen LogP contribution is -2.47. The molecule has 6 nitrogen and oxygen atoms in total. The van der Waals surface area contributed by atoms with Gasteiger partial charge in [0.25, 0.3) is 0 Å². The molecule has 0 atom stereocenters. The SMILES string of the molecule is CC1(C)CCC(O)(CNC(=O)Cn2ccc(N)n2)CC1. The van der Waals surface area contributed by atoms with E-state index >= 15 is 0 Å². The number of nitrogen functional groups attached to an aromatic ring is 1. The monoisotopic (exact) mass is 280 g/mol. The predicted molar refractivity (Wildman–Crippen MR) is 76.8 cm³/mol. The predicted octanol–water partition coefficient (Wildman–Crippen LogP) is 0.913. The van der Waals surface area contributed by atoms with Gasteiger partial charge >= 0.3 is 0 Å². The number of nitrogens with one attached hydrogen (secondary N) is 1. The smallest absolute Gasteiger partial charge is 0.241 e. The zero-order chi connectivity index (χ0) is 14.8. The average Bonchev–Trinajstić information content (AvgIpc) is 2.77. The van der Waals surface area contributed by atoms with Gasteiger partial charge in [0.05, 0.1) is 5.60 Å². The summed E-state index contributed by atoms with van der Waals surface area (Å²) in [6.07, 6.45) is 5.08. The first-order chi connectivity index (χ1) is 9.28. The van der Waals surface area contributed by atoms with Crippen molar-refractivity contribution in [1.82, 2.24) is 15.1 Å². The van der Waals surface area contributed by atoms with Crippen molar-refractivity contribution in [2.45, 2.75) is 51.7 Å². The van der Waals surface area contributed by atoms with Crippen LogP contribution in [0.25, 0.3) is 0 Å². The molecule has 1 heterocycles. The fourth-order valence-corrected chi connectivity index (χ4v) is 2.50. The number of carbonyl (C=O) groups is 1. The van der Waals surface area contributed by atoms with Gasteiger partial charge in [0.2, 0.25) is 5.91 Å². The molecule has 6 heteroatoms. The van der Waals surface area contributed by atoms with Gasteiger partial charge in [0.15, 0.2) is 0 Å². The van der Waals surface area contributed by atoms with Crippen LogP contribution in [0.5, 0.6) is 0 Å². The highest BCUT2D eigenvalue weighted by atomic mass is 16.3. The first kappa shape index (κ1) is 14.8. The Bertz CT molecular complexity index is 471. The van der Waals surface area contributed by atoms with Crippen molar-refractivity contribution in [3.8, 4) is 0 Å². The summed E-state index contributed by atoms with van der Waals surface area (Å²) >= 11 is 0. The van der Waals surface area contributed by atoms with E-state index in [4.69, 9.17) is 5.73 Å². The molecule has 1 amide bonds. The summed E-state index contributed by atoms with van der Waals surface area (Å²) in [4.78, 5) is 11.8. The van der Waals surface area contributed by atoms with Gasteiger partial charge < -0.3 is 16.2 Å². The minimum Gasteiger partial charge on any atom is -0.388 e. The van der Waals surface area contributed by atoms with Crippen LogP contribution in [0.3, 0.4) is 0 Å². The first-order valence-corrected chi connectivity index (χ1v) is 7.06. The molecular formula is C14H24N4O2. The lowest BCUT2D eigenvalue weighted by molar-refractivity contribution is -0.123. The highest BCUT2D eigenvalue weighted by molar-refractivity contribution is 5.75. The molecule has 20 heavy (non-hydrogen) atoms. The zero-order valence-electron chi connectivity index (χ0n) is 12.2. The van der Waals surface area contributed by atoms with E-state index < -0.39 is 5.60 Å². The second-order valence-electron chi connectivity index (χ2n) is 6.60. The van der Waals surface area contributed by atoms with E-state index in [0.717, 1.165) is 25.7 Å². The van der Waals surface area contributed by atoms with Crippen LogP contribution in [-0.2, 0) is 11.3 Å². The van der Waals surface area contributed by atoms with Crippen molar-refractivity contribution in [3.05, 3.63) is 12.3 Å². The summed E-state index contributed by atoms with van der Waals surface area (Å²) in [5.41, 5.74) is 5.01. The summed E-state index contributed by atoms with van der Waals surface area (Å²) in [5, 5.41) is 17.2. The summed E-state index contributed by atoms with van der Waals surface area (Å²) in [7, 11) is 0. The topological polar surface area (TPSA) is 93.2 Å². The third-order valence-electron chi connectivity index (χ3n) is 4.12. The number of nitrogens with zero attached hydrogens (tertiary/aromatic N) is 2. The van der Waals surface area contributed by atoms with Crippen molar-refractivity contribution in [2.75, 3.05) is 12.3 Å². The number of nitrogens with two attached hydrogens (primary N) is 1. The molecule has 1 aliphatic rings. The Labute approximate surface area is 119 Å². The third-order valence-corrected chi connectivity index (χ3v) is 4.12. The number of rotatable bonds is 4. The quantitative estimate of drug-likeness (QED) is 0.764. The fraction of sp³-hybridized carbons (Fsp3) is 0.714. The lowest BCUT2D eigenvalue weighted by atomic mass is 9.71. The molecule has 1 aromatic heterocycles. The molecule has 1 aliphatic carbocycles. The Balaban J connectivity index is 1.78. The highest BCUT2D eigenvalue weighted by Gasteiger charge is 2.36. The van der Waals surface area contributed by atoms with Crippen molar-refractivity contribution in [1.29, 1.82) is 0 Å². The summed E-state index contributed by atoms with van der Waals surface area (Å²) in [6, 6.07) is 1.64. The van der Waals surface area contributed by atoms with E-state index in [9.17, 15) is 9.90 Å². The van der Waals surface area contributed by atoms with Gasteiger partial charge in [-0.25, -0.2) is 0 Å². The molecule has 0 spiro atoms. The van der Waals surface area contributed by atoms with Crippen LogP contribution in [0.2, 0.25) is 0 Å². The average molecular weight is 280 g/mol. The number of anilines is 1. The maximum absolute atomic E-state index is 11.8. The van der Waals surface area contributed by atoms with Crippen LogP contribution in [-0.4, -0.2) is 32.9 Å². The van der Waals surface area contributed by atoms with Crippen LogP contribution in [0, 0.1) is 5.41 Å². The molecule has 1 aromatic rings. The van der Waals surface area contributed by atoms with Crippen molar-refractivity contribution in [2.24, 2.45) is 5.41 Å². The largest absolute Gasteiger partial charge is 0.388 e. The molecule has 0 aliphatic heterocycles. The molecule has 2 rings (SSSR count). The fourth-order valence-electron chi connectivity index (χ4n) is 2.50. The number of amides is 1. The van der Waals surface area contributed by atoms with Crippen molar-refractivity contribution in [3.63, 3.8) is 0 Å². The standard InChI is InChI=1S/C14H24N4O2/c1-13(2)4-6-14(20,7-5-13)10-16-12(19)9-18-8-3-11(15)17-18/h3,8,20H,4-7,9-10H2,1-2H3,(H2,15,17)(H,16,19). The van der Waals surface area contributed by atoms with Gasteiger partial charge in [-0.15, -0.1) is 0 Å². The third kappa shape index (κ3) is 3.96. The van der Waals surface area contributed by atoms with Crippen LogP contribution < -0.4 is 11.1 Å². The Kier molecular flexibility index (Phi) is 4.04. The summed E-state index contributed by atoms with van der Waals surface area (Å²) in [6.45, 7) is 4.86. The van der Waals surface area contributed by atoms with Gasteiger partial charge in [-0.2, -0.15) is 5.10 Å². The van der Waals surface area contributed by atoms with Gasteiger partial charge in [-0.3, -0.25) is 9.48 Å². The lowest BCUT2D eigenvalue weighted by Gasteiger charge is -2.40. The molecule has 1 fully saturated rings. The first-order valence-electron chi connectivity index (χ1n) is 7.06. The van der Waals surface area contributed by atoms with Crippen molar-refractivity contribution >= 4 is 11.7 Å². The molecule has 112 valence electrons. The molecular weight excluding hydrogens is 256 g/mol. The highest BCUT2D eigenvalue weighted by Crippen LogP contribution is 2.39. The Morgan fingerprint density at radius 2 is 2.10 bits per heavy atom. The van der Waals surface area contributed by atoms with Crippen LogP contribution in [0.1, 0.15) is 39.5 Å². The van der Waals surface area contributed by atoms with Gasteiger partial charge in [0.1, 0.15) is 12.4 Å². The zero-order valence-corrected chi connectivity index (χ0v) is 12.2. The van der Waals surface area contributed by atoms with Gasteiger partial charge in [0, 0.05) is 12.7 Å². The Morgan fingerprint density at radius 1 is 1.45 bits per heavy atom. The van der Waals surface area contributed by atoms with Crippen LogP contribution in [0.15, 0.2) is 12.3 Å². The Morgan fingerprint density at radius 3 is 2.65 bits per heavy atom.